The quantitative estimate of drug-likeness (QED) is 0.546. The molecule has 0 fully saturated rings. The molecule has 0 N–H and O–H groups in total. The monoisotopic (exact) mass is 324 g/mol. The molecule has 2 rings (SSSR count). The van der Waals surface area contributed by atoms with E-state index in [1.54, 1.807) is 12.4 Å². The summed E-state index contributed by atoms with van der Waals surface area (Å²) in [6.45, 7) is 8.02. The first-order valence-electron chi connectivity index (χ1n) is 8.13. The minimum absolute atomic E-state index is 0.173. The number of rotatable bonds is 7. The molecule has 0 unspecified atom stereocenters. The summed E-state index contributed by atoms with van der Waals surface area (Å²) in [6.07, 6.45) is 3.77. The van der Waals surface area contributed by atoms with E-state index in [0.717, 1.165) is 22.6 Å². The molecule has 0 heterocycles. The fraction of sp³-hybridized carbons (Fsp3) is 0.300. The first kappa shape index (κ1) is 17.7. The van der Waals surface area contributed by atoms with Gasteiger partial charge in [0.15, 0.2) is 0 Å². The lowest BCUT2D eigenvalue weighted by molar-refractivity contribution is 0.242. The zero-order valence-corrected chi connectivity index (χ0v) is 14.6. The van der Waals surface area contributed by atoms with Crippen LogP contribution in [0.5, 0.6) is 11.5 Å². The van der Waals surface area contributed by atoms with Crippen LogP contribution in [0.2, 0.25) is 0 Å². The minimum Gasteiger partial charge on any atom is -0.491 e. The van der Waals surface area contributed by atoms with Crippen molar-refractivity contribution < 1.29 is 9.47 Å². The first-order valence-corrected chi connectivity index (χ1v) is 8.13. The molecule has 0 amide bonds. The summed E-state index contributed by atoms with van der Waals surface area (Å²) in [4.78, 5) is 0. The van der Waals surface area contributed by atoms with Crippen LogP contribution in [0.1, 0.15) is 38.8 Å². The molecule has 2 aromatic carbocycles. The van der Waals surface area contributed by atoms with Crippen molar-refractivity contribution in [1.82, 2.24) is 0 Å². The van der Waals surface area contributed by atoms with E-state index < -0.39 is 0 Å². The molecule has 0 saturated heterocycles. The molecule has 24 heavy (non-hydrogen) atoms. The normalized spacial score (nSPS) is 11.8. The topological polar surface area (TPSA) is 43.2 Å². The van der Waals surface area contributed by atoms with Crippen molar-refractivity contribution in [2.75, 3.05) is 0 Å². The second-order valence-corrected chi connectivity index (χ2v) is 5.96. The maximum Gasteiger partial charge on any atom is 0.119 e. The Bertz CT molecular complexity index is 610. The van der Waals surface area contributed by atoms with E-state index in [4.69, 9.17) is 9.47 Å². The van der Waals surface area contributed by atoms with Crippen molar-refractivity contribution in [3.05, 3.63) is 59.7 Å². The standard InChI is InChI=1S/C20H24N2O2/c1-15(2)23-19-9-5-17(6-10-19)13-21-22-14-18-7-11-20(12-8-18)24-16(3)4/h5-16H,1-4H3. The molecule has 0 saturated carbocycles. The Morgan fingerprint density at radius 3 is 1.25 bits per heavy atom. The van der Waals surface area contributed by atoms with Crippen molar-refractivity contribution in [2.45, 2.75) is 39.9 Å². The lowest BCUT2D eigenvalue weighted by Crippen LogP contribution is -2.05. The van der Waals surface area contributed by atoms with Crippen LogP contribution in [-0.2, 0) is 0 Å². The van der Waals surface area contributed by atoms with E-state index in [-0.39, 0.29) is 12.2 Å². The number of nitrogens with zero attached hydrogens (tertiary/aromatic N) is 2. The van der Waals surface area contributed by atoms with Gasteiger partial charge >= 0.3 is 0 Å². The fourth-order valence-corrected chi connectivity index (χ4v) is 2.01. The average molecular weight is 324 g/mol. The van der Waals surface area contributed by atoms with E-state index in [2.05, 4.69) is 10.2 Å². The van der Waals surface area contributed by atoms with E-state index >= 15 is 0 Å². The molecule has 4 heteroatoms. The van der Waals surface area contributed by atoms with Crippen molar-refractivity contribution in [2.24, 2.45) is 10.2 Å². The van der Waals surface area contributed by atoms with Gasteiger partial charge in [0.1, 0.15) is 11.5 Å². The zero-order chi connectivity index (χ0) is 17.4. The smallest absolute Gasteiger partial charge is 0.119 e. The average Bonchev–Trinajstić information content (AvgIpc) is 2.53. The van der Waals surface area contributed by atoms with Gasteiger partial charge in [0.25, 0.3) is 0 Å². The maximum atomic E-state index is 5.60. The van der Waals surface area contributed by atoms with E-state index in [0.29, 0.717) is 0 Å². The van der Waals surface area contributed by atoms with Gasteiger partial charge in [0, 0.05) is 0 Å². The summed E-state index contributed by atoms with van der Waals surface area (Å²) in [5.41, 5.74) is 1.95. The van der Waals surface area contributed by atoms with Gasteiger partial charge in [-0.15, -0.1) is 0 Å². The van der Waals surface area contributed by atoms with E-state index in [1.165, 1.54) is 0 Å². The van der Waals surface area contributed by atoms with Gasteiger partial charge in [-0.05, 0) is 87.4 Å². The van der Waals surface area contributed by atoms with Crippen LogP contribution in [0.25, 0.3) is 0 Å². The van der Waals surface area contributed by atoms with Crippen LogP contribution in [-0.4, -0.2) is 24.6 Å². The molecule has 0 radical (unpaired) electrons. The number of hydrogen-bond donors (Lipinski definition) is 0. The molecular formula is C20H24N2O2. The molecule has 0 aliphatic heterocycles. The molecule has 2 aromatic rings. The lowest BCUT2D eigenvalue weighted by Gasteiger charge is -2.09. The number of ether oxygens (including phenoxy) is 2. The maximum absolute atomic E-state index is 5.60. The third-order valence-corrected chi connectivity index (χ3v) is 2.98. The molecule has 4 nitrogen and oxygen atoms in total. The van der Waals surface area contributed by atoms with Gasteiger partial charge in [0.05, 0.1) is 24.6 Å². The molecular weight excluding hydrogens is 300 g/mol. The van der Waals surface area contributed by atoms with Crippen molar-refractivity contribution in [1.29, 1.82) is 0 Å². The summed E-state index contributed by atoms with van der Waals surface area (Å²) in [7, 11) is 0. The lowest BCUT2D eigenvalue weighted by atomic mass is 10.2. The zero-order valence-electron chi connectivity index (χ0n) is 14.6. The third kappa shape index (κ3) is 6.24. The highest BCUT2D eigenvalue weighted by atomic mass is 16.5. The van der Waals surface area contributed by atoms with Crippen LogP contribution in [0.4, 0.5) is 0 Å². The summed E-state index contributed by atoms with van der Waals surface area (Å²) >= 11 is 0. The molecule has 0 aliphatic rings. The second-order valence-electron chi connectivity index (χ2n) is 5.96. The molecule has 0 spiro atoms. The Morgan fingerprint density at radius 1 is 0.625 bits per heavy atom. The predicted octanol–water partition coefficient (Wildman–Crippen LogP) is 4.71. The Morgan fingerprint density at radius 2 is 0.958 bits per heavy atom. The molecule has 126 valence electrons. The molecule has 0 aromatic heterocycles. The highest BCUT2D eigenvalue weighted by Crippen LogP contribution is 2.14. The van der Waals surface area contributed by atoms with Crippen molar-refractivity contribution in [3.8, 4) is 11.5 Å². The largest absolute Gasteiger partial charge is 0.491 e. The van der Waals surface area contributed by atoms with Gasteiger partial charge in [-0.25, -0.2) is 0 Å². The van der Waals surface area contributed by atoms with Crippen LogP contribution >= 0.6 is 0 Å². The van der Waals surface area contributed by atoms with E-state index in [1.807, 2.05) is 76.2 Å². The second kappa shape index (κ2) is 8.87. The van der Waals surface area contributed by atoms with Crippen molar-refractivity contribution in [3.63, 3.8) is 0 Å². The highest BCUT2D eigenvalue weighted by Gasteiger charge is 1.97. The summed E-state index contributed by atoms with van der Waals surface area (Å²) in [5.74, 6) is 1.71. The Hall–Kier alpha value is -2.62. The van der Waals surface area contributed by atoms with Crippen LogP contribution < -0.4 is 9.47 Å². The Labute approximate surface area is 143 Å². The Balaban J connectivity index is 1.89. The predicted molar refractivity (Wildman–Crippen MR) is 99.6 cm³/mol. The van der Waals surface area contributed by atoms with Crippen LogP contribution in [0.3, 0.4) is 0 Å². The van der Waals surface area contributed by atoms with E-state index in [9.17, 15) is 0 Å². The molecule has 0 aliphatic carbocycles. The van der Waals surface area contributed by atoms with Gasteiger partial charge in [-0.1, -0.05) is 0 Å². The third-order valence-electron chi connectivity index (χ3n) is 2.98. The fourth-order valence-electron chi connectivity index (χ4n) is 2.01. The SMILES string of the molecule is CC(C)Oc1ccc(C=NN=Cc2ccc(OC(C)C)cc2)cc1. The number of benzene rings is 2. The van der Waals surface area contributed by atoms with Gasteiger partial charge < -0.3 is 9.47 Å². The highest BCUT2D eigenvalue weighted by molar-refractivity contribution is 5.82. The molecule has 0 bridgehead atoms. The van der Waals surface area contributed by atoms with Gasteiger partial charge in [-0.3, -0.25) is 0 Å². The number of hydrogen-bond acceptors (Lipinski definition) is 4. The molecule has 0 atom stereocenters. The minimum atomic E-state index is 0.173. The van der Waals surface area contributed by atoms with Gasteiger partial charge in [-0.2, -0.15) is 10.2 Å². The first-order chi connectivity index (χ1) is 11.5. The van der Waals surface area contributed by atoms with Gasteiger partial charge in [0.2, 0.25) is 0 Å². The summed E-state index contributed by atoms with van der Waals surface area (Å²) < 4.78 is 11.2. The van der Waals surface area contributed by atoms with Crippen LogP contribution in [0.15, 0.2) is 58.7 Å². The Kier molecular flexibility index (Phi) is 6.55. The summed E-state index contributed by atoms with van der Waals surface area (Å²) in [6, 6.07) is 15.5. The van der Waals surface area contributed by atoms with Crippen LogP contribution in [0, 0.1) is 0 Å². The summed E-state index contributed by atoms with van der Waals surface area (Å²) in [5, 5.41) is 8.14. The van der Waals surface area contributed by atoms with Crippen molar-refractivity contribution >= 4 is 12.4 Å².